The fraction of sp³-hybridized carbons (Fsp3) is 0.393. The second-order valence-corrected chi connectivity index (χ2v) is 13.7. The van der Waals surface area contributed by atoms with Crippen LogP contribution >= 0.6 is 31.2 Å². The summed E-state index contributed by atoms with van der Waals surface area (Å²) in [7, 11) is 0.198. The second kappa shape index (κ2) is 15.8. The molecule has 44 heavy (non-hydrogen) atoms. The lowest BCUT2D eigenvalue weighted by Gasteiger charge is -2.34. The Bertz CT molecular complexity index is 1510. The first-order valence-corrected chi connectivity index (χ1v) is 16.0. The number of hydrogen-bond acceptors (Lipinski definition) is 9. The average Bonchev–Trinajstić information content (AvgIpc) is 2.99. The molecule has 0 fully saturated rings. The van der Waals surface area contributed by atoms with Gasteiger partial charge in [-0.25, -0.2) is 27.9 Å². The van der Waals surface area contributed by atoms with Gasteiger partial charge in [0.2, 0.25) is 0 Å². The van der Waals surface area contributed by atoms with Crippen molar-refractivity contribution in [2.45, 2.75) is 32.2 Å². The van der Waals surface area contributed by atoms with Crippen molar-refractivity contribution >= 4 is 59.9 Å². The zero-order valence-corrected chi connectivity index (χ0v) is 27.2. The molecule has 16 heteroatoms. The predicted octanol–water partition coefficient (Wildman–Crippen LogP) is 7.41. The van der Waals surface area contributed by atoms with Crippen LogP contribution in [0.4, 0.5) is 24.2 Å². The van der Waals surface area contributed by atoms with Gasteiger partial charge in [-0.05, 0) is 53.1 Å². The minimum atomic E-state index is -3.75. The lowest BCUT2D eigenvalue weighted by molar-refractivity contribution is 0.0930. The molecule has 1 aromatic heterocycles. The molecule has 3 aromatic rings. The Kier molecular flexibility index (Phi) is 12.8. The second-order valence-electron chi connectivity index (χ2n) is 10.3. The zero-order valence-electron chi connectivity index (χ0n) is 24.8. The third-order valence-corrected chi connectivity index (χ3v) is 9.25. The van der Waals surface area contributed by atoms with Crippen molar-refractivity contribution in [3.8, 4) is 0 Å². The summed E-state index contributed by atoms with van der Waals surface area (Å²) in [6.07, 6.45) is 0.977. The molecule has 11 nitrogen and oxygen atoms in total. The number of nitrogens with one attached hydrogen (secondary N) is 2. The first kappa shape index (κ1) is 35.5. The molecule has 240 valence electrons. The summed E-state index contributed by atoms with van der Waals surface area (Å²) >= 11 is 7.16. The summed E-state index contributed by atoms with van der Waals surface area (Å²) < 4.78 is 60.3. The van der Waals surface area contributed by atoms with Gasteiger partial charge < -0.3 is 15.0 Å². The van der Waals surface area contributed by atoms with Crippen LogP contribution in [0, 0.1) is 17.0 Å². The highest BCUT2D eigenvalue weighted by Gasteiger charge is 2.33. The normalized spacial score (nSPS) is 12.5. The molecule has 2 aromatic carbocycles. The molecule has 0 aliphatic carbocycles. The number of carbonyl (C=O) groups is 2. The van der Waals surface area contributed by atoms with Crippen molar-refractivity contribution in [3.05, 3.63) is 70.9 Å². The monoisotopic (exact) mass is 674 g/mol. The molecule has 0 radical (unpaired) electrons. The van der Waals surface area contributed by atoms with Gasteiger partial charge in [0.15, 0.2) is 0 Å². The number of aromatic nitrogens is 1. The molecule has 0 aliphatic rings. The number of fused-ring (bicyclic) bond motifs is 1. The number of phosphoric ester groups is 1. The number of thioether (sulfide) groups is 1. The van der Waals surface area contributed by atoms with E-state index in [0.29, 0.717) is 22.8 Å². The molecule has 2 N–H and O–H groups in total. The number of halogens is 3. The predicted molar refractivity (Wildman–Crippen MR) is 165 cm³/mol. The summed E-state index contributed by atoms with van der Waals surface area (Å²) in [5.74, 6) is -1.03. The number of pyridine rings is 1. The SMILES string of the molecule is COP(=O)(OC)OCC(C)(C)CC(SCOC(=O)Nc1cc2cc(F)ccc2cn1)N(C)C(=O)NCc1cccc(F)c1Cl. The van der Waals surface area contributed by atoms with Crippen molar-refractivity contribution in [3.63, 3.8) is 0 Å². The van der Waals surface area contributed by atoms with Crippen LogP contribution in [0.3, 0.4) is 0 Å². The highest BCUT2D eigenvalue weighted by molar-refractivity contribution is 7.99. The number of phosphoric acid groups is 1. The van der Waals surface area contributed by atoms with Crippen LogP contribution in [-0.2, 0) is 29.4 Å². The van der Waals surface area contributed by atoms with E-state index < -0.39 is 42.4 Å². The standard InChI is InChI=1S/C28H34ClF2N4O7PS/c1-28(2,16-42-43(38,39-4)40-5)13-24(35(3)26(36)33-15-19-7-6-8-22(31)25(19)29)44-17-41-27(37)34-23-12-20-11-21(30)10-9-18(20)14-32-23/h6-12,14,24H,13,15-17H2,1-5H3,(H,33,36)(H,32,34,37). The number of anilines is 1. The van der Waals surface area contributed by atoms with E-state index in [-0.39, 0.29) is 29.9 Å². The third-order valence-electron chi connectivity index (χ3n) is 6.37. The number of urea groups is 1. The number of nitrogens with zero attached hydrogens (tertiary/aromatic N) is 2. The molecule has 0 saturated heterocycles. The van der Waals surface area contributed by atoms with Crippen LogP contribution in [0.15, 0.2) is 48.7 Å². The number of ether oxygens (including phenoxy) is 1. The molecule has 3 amide bonds. The fourth-order valence-electron chi connectivity index (χ4n) is 3.87. The number of carbonyl (C=O) groups excluding carboxylic acids is 2. The molecule has 0 spiro atoms. The van der Waals surface area contributed by atoms with Crippen molar-refractivity contribution in [2.75, 3.05) is 39.1 Å². The van der Waals surface area contributed by atoms with Gasteiger partial charge in [0.25, 0.3) is 0 Å². The fourth-order valence-corrected chi connectivity index (χ4v) is 6.15. The van der Waals surface area contributed by atoms with Crippen LogP contribution < -0.4 is 10.6 Å². The quantitative estimate of drug-likeness (QED) is 0.133. The smallest absolute Gasteiger partial charge is 0.438 e. The van der Waals surface area contributed by atoms with E-state index in [1.54, 1.807) is 19.2 Å². The number of rotatable bonds is 14. The van der Waals surface area contributed by atoms with E-state index in [4.69, 9.17) is 29.9 Å². The third kappa shape index (κ3) is 10.3. The van der Waals surface area contributed by atoms with Crippen LogP contribution in [0.5, 0.6) is 0 Å². The molecular weight excluding hydrogens is 641 g/mol. The molecule has 1 atom stereocenters. The molecule has 0 aliphatic heterocycles. The summed E-state index contributed by atoms with van der Waals surface area (Å²) in [5, 5.41) is 5.78. The maximum absolute atomic E-state index is 13.8. The van der Waals surface area contributed by atoms with Gasteiger partial charge >= 0.3 is 19.9 Å². The first-order chi connectivity index (χ1) is 20.8. The van der Waals surface area contributed by atoms with E-state index >= 15 is 0 Å². The largest absolute Gasteiger partial charge is 0.474 e. The Morgan fingerprint density at radius 3 is 2.57 bits per heavy atom. The van der Waals surface area contributed by atoms with Gasteiger partial charge in [-0.2, -0.15) is 0 Å². The Morgan fingerprint density at radius 1 is 1.14 bits per heavy atom. The summed E-state index contributed by atoms with van der Waals surface area (Å²) in [6.45, 7) is 3.58. The Labute approximate surface area is 263 Å². The maximum Gasteiger partial charge on any atom is 0.474 e. The summed E-state index contributed by atoms with van der Waals surface area (Å²) in [6, 6.07) is 9.52. The zero-order chi connectivity index (χ0) is 32.5. The topological polar surface area (TPSA) is 128 Å². The summed E-state index contributed by atoms with van der Waals surface area (Å²) in [5.41, 5.74) is -0.275. The van der Waals surface area contributed by atoms with Gasteiger partial charge in [0.05, 0.1) is 17.0 Å². The van der Waals surface area contributed by atoms with Crippen molar-refractivity contribution in [1.82, 2.24) is 15.2 Å². The number of benzene rings is 2. The minimum absolute atomic E-state index is 0.0317. The van der Waals surface area contributed by atoms with Crippen LogP contribution in [0.25, 0.3) is 10.8 Å². The minimum Gasteiger partial charge on any atom is -0.438 e. The van der Waals surface area contributed by atoms with E-state index in [2.05, 4.69) is 15.6 Å². The van der Waals surface area contributed by atoms with Crippen LogP contribution in [0.2, 0.25) is 5.02 Å². The van der Waals surface area contributed by atoms with E-state index in [0.717, 1.165) is 11.8 Å². The van der Waals surface area contributed by atoms with E-state index in [9.17, 15) is 22.9 Å². The van der Waals surface area contributed by atoms with E-state index in [1.165, 1.54) is 55.6 Å². The van der Waals surface area contributed by atoms with Crippen molar-refractivity contribution in [1.29, 1.82) is 0 Å². The van der Waals surface area contributed by atoms with Crippen molar-refractivity contribution in [2.24, 2.45) is 5.41 Å². The van der Waals surface area contributed by atoms with Crippen molar-refractivity contribution < 1.29 is 41.2 Å². The molecule has 1 heterocycles. The highest BCUT2D eigenvalue weighted by Crippen LogP contribution is 2.49. The van der Waals surface area contributed by atoms with Gasteiger partial charge in [0, 0.05) is 39.4 Å². The first-order valence-electron chi connectivity index (χ1n) is 13.2. The molecular formula is C28H34ClF2N4O7PS. The lowest BCUT2D eigenvalue weighted by atomic mass is 9.90. The molecule has 1 unspecified atom stereocenters. The average molecular weight is 675 g/mol. The molecule has 0 saturated carbocycles. The molecule has 0 bridgehead atoms. The highest BCUT2D eigenvalue weighted by atomic mass is 35.5. The summed E-state index contributed by atoms with van der Waals surface area (Å²) in [4.78, 5) is 31.2. The van der Waals surface area contributed by atoms with Gasteiger partial charge in [-0.1, -0.05) is 49.3 Å². The van der Waals surface area contributed by atoms with Gasteiger partial charge in [-0.15, -0.1) is 0 Å². The molecule has 3 rings (SSSR count). The lowest BCUT2D eigenvalue weighted by Crippen LogP contribution is -2.44. The van der Waals surface area contributed by atoms with E-state index in [1.807, 2.05) is 13.8 Å². The van der Waals surface area contributed by atoms with Crippen LogP contribution in [0.1, 0.15) is 25.8 Å². The maximum atomic E-state index is 13.8. The van der Waals surface area contributed by atoms with Gasteiger partial charge in [0.1, 0.15) is 23.4 Å². The Balaban J connectivity index is 1.66. The Hall–Kier alpha value is -3.00. The Morgan fingerprint density at radius 2 is 1.86 bits per heavy atom. The van der Waals surface area contributed by atoms with Crippen LogP contribution in [-0.4, -0.2) is 61.2 Å². The number of amides is 3. The van der Waals surface area contributed by atoms with Gasteiger partial charge in [-0.3, -0.25) is 18.9 Å². The number of hydrogen-bond donors (Lipinski definition) is 2.